The van der Waals surface area contributed by atoms with Gasteiger partial charge in [0.25, 0.3) is 5.91 Å². The minimum absolute atomic E-state index is 0.158. The number of nitrogens with one attached hydrogen (secondary N) is 1. The topological polar surface area (TPSA) is 87.0 Å². The first-order chi connectivity index (χ1) is 17.5. The van der Waals surface area contributed by atoms with Crippen LogP contribution in [0.4, 0.5) is 0 Å². The number of amides is 1. The Bertz CT molecular complexity index is 1360. The second-order valence-corrected chi connectivity index (χ2v) is 8.92. The van der Waals surface area contributed by atoms with E-state index in [4.69, 9.17) is 19.2 Å². The molecule has 186 valence electrons. The number of aryl methyl sites for hydroxylation is 1. The second-order valence-electron chi connectivity index (χ2n) is 7.98. The number of methoxy groups -OCH3 is 3. The highest BCUT2D eigenvalue weighted by molar-refractivity contribution is 7.99. The molecule has 1 amide bonds. The molecule has 0 saturated carbocycles. The number of benzene rings is 3. The van der Waals surface area contributed by atoms with Gasteiger partial charge in [-0.2, -0.15) is 5.10 Å². The Morgan fingerprint density at radius 3 is 2.39 bits per heavy atom. The lowest BCUT2D eigenvalue weighted by molar-refractivity contribution is -0.118. The molecule has 1 N–H and O–H groups in total. The first-order valence-electron chi connectivity index (χ1n) is 11.3. The molecule has 0 unspecified atom stereocenters. The Morgan fingerprint density at radius 2 is 1.72 bits per heavy atom. The molecule has 0 fully saturated rings. The number of thioether (sulfide) groups is 1. The summed E-state index contributed by atoms with van der Waals surface area (Å²) in [5, 5.41) is 4.87. The predicted molar refractivity (Wildman–Crippen MR) is 143 cm³/mol. The van der Waals surface area contributed by atoms with Crippen LogP contribution in [0, 0.1) is 6.92 Å². The molecule has 0 bridgehead atoms. The van der Waals surface area contributed by atoms with Gasteiger partial charge in [-0.1, -0.05) is 53.7 Å². The van der Waals surface area contributed by atoms with E-state index in [-0.39, 0.29) is 11.7 Å². The average molecular weight is 505 g/mol. The number of carbonyl (C=O) groups excluding carboxylic acids is 1. The van der Waals surface area contributed by atoms with Crippen molar-refractivity contribution < 1.29 is 19.0 Å². The highest BCUT2D eigenvalue weighted by atomic mass is 32.2. The predicted octanol–water partition coefficient (Wildman–Crippen LogP) is 4.66. The minimum atomic E-state index is -0.253. The summed E-state index contributed by atoms with van der Waals surface area (Å²) in [6.45, 7) is 2.74. The molecule has 4 aromatic rings. The van der Waals surface area contributed by atoms with Crippen molar-refractivity contribution in [1.82, 2.24) is 15.0 Å². The molecule has 3 aromatic carbocycles. The molecule has 0 saturated heterocycles. The monoisotopic (exact) mass is 504 g/mol. The summed E-state index contributed by atoms with van der Waals surface area (Å²) in [4.78, 5) is 17.3. The summed E-state index contributed by atoms with van der Waals surface area (Å²) in [6.07, 6.45) is 1.49. The number of aromatic nitrogens is 2. The van der Waals surface area contributed by atoms with Gasteiger partial charge in [0.05, 0.1) is 56.4 Å². The van der Waals surface area contributed by atoms with Crippen molar-refractivity contribution in [3.63, 3.8) is 0 Å². The van der Waals surface area contributed by atoms with Crippen LogP contribution in [0.2, 0.25) is 0 Å². The van der Waals surface area contributed by atoms with E-state index in [0.717, 1.165) is 16.2 Å². The van der Waals surface area contributed by atoms with Crippen molar-refractivity contribution in [2.75, 3.05) is 27.1 Å². The van der Waals surface area contributed by atoms with Crippen LogP contribution in [0.25, 0.3) is 11.0 Å². The van der Waals surface area contributed by atoms with Gasteiger partial charge in [-0.15, -0.1) is 0 Å². The summed E-state index contributed by atoms with van der Waals surface area (Å²) in [6, 6.07) is 19.8. The third-order valence-electron chi connectivity index (χ3n) is 5.55. The number of imidazole rings is 1. The molecule has 4 rings (SSSR count). The quantitative estimate of drug-likeness (QED) is 0.192. The third kappa shape index (κ3) is 5.80. The van der Waals surface area contributed by atoms with E-state index in [1.807, 2.05) is 24.3 Å². The molecule has 1 aromatic heterocycles. The molecule has 36 heavy (non-hydrogen) atoms. The average Bonchev–Trinajstić information content (AvgIpc) is 3.25. The lowest BCUT2D eigenvalue weighted by Gasteiger charge is -2.12. The number of para-hydroxylation sites is 2. The van der Waals surface area contributed by atoms with E-state index in [2.05, 4.69) is 46.3 Å². The van der Waals surface area contributed by atoms with Gasteiger partial charge < -0.3 is 18.8 Å². The van der Waals surface area contributed by atoms with Crippen LogP contribution >= 0.6 is 11.8 Å². The standard InChI is InChI=1S/C27H28N4O4S/c1-18-9-11-19(12-10-18)16-31-23-8-6-5-7-22(23)29-27(31)36-17-26(32)30-28-15-21-24(34-3)13-20(33-2)14-25(21)35-4/h5-15H,16-17H2,1-4H3,(H,30,32)/b28-15-. The van der Waals surface area contributed by atoms with Gasteiger partial charge in [0, 0.05) is 12.1 Å². The number of carbonyl (C=O) groups is 1. The maximum absolute atomic E-state index is 12.6. The van der Waals surface area contributed by atoms with Gasteiger partial charge >= 0.3 is 0 Å². The lowest BCUT2D eigenvalue weighted by atomic mass is 10.1. The van der Waals surface area contributed by atoms with E-state index < -0.39 is 0 Å². The number of hydrogen-bond acceptors (Lipinski definition) is 7. The molecule has 0 aliphatic heterocycles. The van der Waals surface area contributed by atoms with E-state index in [1.54, 1.807) is 33.5 Å². The maximum Gasteiger partial charge on any atom is 0.250 e. The number of fused-ring (bicyclic) bond motifs is 1. The zero-order valence-corrected chi connectivity index (χ0v) is 21.5. The number of rotatable bonds is 10. The Balaban J connectivity index is 1.46. The minimum Gasteiger partial charge on any atom is -0.496 e. The van der Waals surface area contributed by atoms with Gasteiger partial charge in [-0.25, -0.2) is 10.4 Å². The van der Waals surface area contributed by atoms with Crippen LogP contribution in [0.3, 0.4) is 0 Å². The molecular weight excluding hydrogens is 476 g/mol. The zero-order valence-electron chi connectivity index (χ0n) is 20.6. The Kier molecular flexibility index (Phi) is 8.12. The van der Waals surface area contributed by atoms with Crippen LogP contribution in [0.5, 0.6) is 17.2 Å². The number of hydrazone groups is 1. The number of nitrogens with zero attached hydrogens (tertiary/aromatic N) is 3. The van der Waals surface area contributed by atoms with Crippen molar-refractivity contribution in [3.8, 4) is 17.2 Å². The second kappa shape index (κ2) is 11.6. The highest BCUT2D eigenvalue weighted by Crippen LogP contribution is 2.32. The highest BCUT2D eigenvalue weighted by Gasteiger charge is 2.14. The molecule has 0 aliphatic rings. The summed E-state index contributed by atoms with van der Waals surface area (Å²) in [7, 11) is 4.65. The largest absolute Gasteiger partial charge is 0.496 e. The molecule has 0 aliphatic carbocycles. The smallest absolute Gasteiger partial charge is 0.250 e. The van der Waals surface area contributed by atoms with E-state index in [1.165, 1.54) is 29.1 Å². The van der Waals surface area contributed by atoms with Gasteiger partial charge in [0.15, 0.2) is 5.16 Å². The molecule has 0 atom stereocenters. The maximum atomic E-state index is 12.6. The Labute approximate surface area is 214 Å². The summed E-state index contributed by atoms with van der Waals surface area (Å²) in [5.74, 6) is 1.53. The zero-order chi connectivity index (χ0) is 25.5. The summed E-state index contributed by atoms with van der Waals surface area (Å²) < 4.78 is 18.2. The molecule has 9 heteroatoms. The van der Waals surface area contributed by atoms with Crippen LogP contribution in [-0.2, 0) is 11.3 Å². The van der Waals surface area contributed by atoms with Crippen molar-refractivity contribution >= 4 is 34.9 Å². The fraction of sp³-hybridized carbons (Fsp3) is 0.222. The van der Waals surface area contributed by atoms with Crippen LogP contribution < -0.4 is 19.6 Å². The number of hydrogen-bond donors (Lipinski definition) is 1. The number of ether oxygens (including phenoxy) is 3. The van der Waals surface area contributed by atoms with Crippen molar-refractivity contribution in [2.45, 2.75) is 18.6 Å². The summed E-state index contributed by atoms with van der Waals surface area (Å²) >= 11 is 1.37. The summed E-state index contributed by atoms with van der Waals surface area (Å²) in [5.41, 5.74) is 7.46. The SMILES string of the molecule is COc1cc(OC)c(/C=N\NC(=O)CSc2nc3ccccc3n2Cc2ccc(C)cc2)c(OC)c1. The first-order valence-corrected chi connectivity index (χ1v) is 12.3. The Hall–Kier alpha value is -3.98. The van der Waals surface area contributed by atoms with E-state index >= 15 is 0 Å². The Morgan fingerprint density at radius 1 is 1.03 bits per heavy atom. The molecule has 0 radical (unpaired) electrons. The van der Waals surface area contributed by atoms with Crippen LogP contribution in [-0.4, -0.2) is 48.8 Å². The van der Waals surface area contributed by atoms with E-state index in [9.17, 15) is 4.79 Å². The van der Waals surface area contributed by atoms with Gasteiger partial charge in [0.2, 0.25) is 0 Å². The fourth-order valence-electron chi connectivity index (χ4n) is 3.68. The van der Waals surface area contributed by atoms with Crippen LogP contribution in [0.1, 0.15) is 16.7 Å². The van der Waals surface area contributed by atoms with Crippen molar-refractivity contribution in [3.05, 3.63) is 77.4 Å². The first kappa shape index (κ1) is 25.1. The van der Waals surface area contributed by atoms with Crippen molar-refractivity contribution in [1.29, 1.82) is 0 Å². The molecular formula is C27H28N4O4S. The van der Waals surface area contributed by atoms with E-state index in [0.29, 0.717) is 29.4 Å². The van der Waals surface area contributed by atoms with Gasteiger partial charge in [-0.3, -0.25) is 4.79 Å². The normalized spacial score (nSPS) is 11.1. The van der Waals surface area contributed by atoms with Crippen molar-refractivity contribution in [2.24, 2.45) is 5.10 Å². The molecule has 8 nitrogen and oxygen atoms in total. The van der Waals surface area contributed by atoms with Gasteiger partial charge in [0.1, 0.15) is 17.2 Å². The fourth-order valence-corrected chi connectivity index (χ4v) is 4.49. The lowest BCUT2D eigenvalue weighted by Crippen LogP contribution is -2.20. The third-order valence-corrected chi connectivity index (χ3v) is 6.53. The van der Waals surface area contributed by atoms with Gasteiger partial charge in [-0.05, 0) is 24.6 Å². The molecule has 0 spiro atoms. The van der Waals surface area contributed by atoms with Crippen LogP contribution in [0.15, 0.2) is 70.9 Å². The molecule has 1 heterocycles.